The van der Waals surface area contributed by atoms with Crippen LogP contribution in [0.15, 0.2) is 15.9 Å². The molecule has 1 aromatic rings. The molecule has 0 aliphatic heterocycles. The first-order chi connectivity index (χ1) is 5.65. The molecular weight excluding hydrogens is 236 g/mol. The number of halogens is 1. The van der Waals surface area contributed by atoms with Crippen molar-refractivity contribution in [1.82, 2.24) is 10.2 Å². The Morgan fingerprint density at radius 1 is 1.50 bits per heavy atom. The second-order valence-electron chi connectivity index (χ2n) is 2.80. The van der Waals surface area contributed by atoms with Crippen LogP contribution >= 0.6 is 27.3 Å². The lowest BCUT2D eigenvalue weighted by molar-refractivity contribution is 0.269. The van der Waals surface area contributed by atoms with Crippen LogP contribution in [0, 0.1) is 0 Å². The van der Waals surface area contributed by atoms with E-state index in [1.165, 1.54) is 8.66 Å². The number of nitrogens with one attached hydrogen (secondary N) is 1. The Kier molecular flexibility index (Phi) is 3.71. The normalized spacial score (nSPS) is 13.8. The van der Waals surface area contributed by atoms with Gasteiger partial charge in [-0.15, -0.1) is 11.3 Å². The molecule has 1 aromatic heterocycles. The monoisotopic (exact) mass is 248 g/mol. The smallest absolute Gasteiger partial charge is 0.0948 e. The fraction of sp³-hybridized carbons (Fsp3) is 0.500. The van der Waals surface area contributed by atoms with E-state index in [4.69, 9.17) is 0 Å². The van der Waals surface area contributed by atoms with Crippen LogP contribution in [0.25, 0.3) is 0 Å². The molecule has 0 aliphatic carbocycles. The lowest BCUT2D eigenvalue weighted by atomic mass is 10.3. The van der Waals surface area contributed by atoms with Crippen molar-refractivity contribution in [3.8, 4) is 0 Å². The molecule has 4 heteroatoms. The maximum Gasteiger partial charge on any atom is 0.0948 e. The molecule has 0 saturated carbocycles. The van der Waals surface area contributed by atoms with Crippen LogP contribution in [-0.2, 0) is 0 Å². The van der Waals surface area contributed by atoms with Crippen LogP contribution in [0.4, 0.5) is 0 Å². The van der Waals surface area contributed by atoms with Crippen molar-refractivity contribution in [1.29, 1.82) is 0 Å². The van der Waals surface area contributed by atoms with Crippen molar-refractivity contribution in [3.05, 3.63) is 20.8 Å². The summed E-state index contributed by atoms with van der Waals surface area (Å²) < 4.78 is 1.18. The van der Waals surface area contributed by atoms with Gasteiger partial charge < -0.3 is 5.32 Å². The highest BCUT2D eigenvalue weighted by Crippen LogP contribution is 2.27. The number of hydrogen-bond acceptors (Lipinski definition) is 3. The van der Waals surface area contributed by atoms with E-state index >= 15 is 0 Å². The summed E-state index contributed by atoms with van der Waals surface area (Å²) in [6.45, 7) is 0. The first-order valence-corrected chi connectivity index (χ1v) is 5.35. The molecule has 1 atom stereocenters. The van der Waals surface area contributed by atoms with Gasteiger partial charge in [0.1, 0.15) is 0 Å². The Bertz CT molecular complexity index is 247. The van der Waals surface area contributed by atoms with Gasteiger partial charge in [-0.25, -0.2) is 0 Å². The third kappa shape index (κ3) is 2.29. The molecule has 0 bridgehead atoms. The zero-order valence-corrected chi connectivity index (χ0v) is 9.87. The Morgan fingerprint density at radius 2 is 2.17 bits per heavy atom. The third-order valence-electron chi connectivity index (χ3n) is 1.65. The van der Waals surface area contributed by atoms with E-state index in [-0.39, 0.29) is 0 Å². The molecule has 0 aromatic carbocycles. The molecule has 0 fully saturated rings. The highest BCUT2D eigenvalue weighted by Gasteiger charge is 2.12. The van der Waals surface area contributed by atoms with Gasteiger partial charge in [-0.1, -0.05) is 0 Å². The van der Waals surface area contributed by atoms with Crippen molar-refractivity contribution in [2.24, 2.45) is 0 Å². The quantitative estimate of drug-likeness (QED) is 0.827. The first kappa shape index (κ1) is 10.2. The minimum Gasteiger partial charge on any atom is -0.300 e. The minimum absolute atomic E-state index is 0.321. The summed E-state index contributed by atoms with van der Waals surface area (Å²) in [6.07, 6.45) is 0.321. The molecule has 68 valence electrons. The molecule has 0 amide bonds. The van der Waals surface area contributed by atoms with E-state index in [0.717, 1.165) is 0 Å². The second-order valence-corrected chi connectivity index (χ2v) is 5.29. The molecule has 2 nitrogen and oxygen atoms in total. The predicted octanol–water partition coefficient (Wildman–Crippen LogP) is 2.29. The van der Waals surface area contributed by atoms with Gasteiger partial charge in [0.05, 0.1) is 9.95 Å². The van der Waals surface area contributed by atoms with E-state index in [1.807, 2.05) is 7.05 Å². The molecule has 1 unspecified atom stereocenters. The van der Waals surface area contributed by atoms with Gasteiger partial charge in [-0.2, -0.15) is 0 Å². The molecule has 0 spiro atoms. The number of hydrogen-bond donors (Lipinski definition) is 1. The summed E-state index contributed by atoms with van der Waals surface area (Å²) in [5.41, 5.74) is 0. The summed E-state index contributed by atoms with van der Waals surface area (Å²) in [5, 5.41) is 3.25. The summed E-state index contributed by atoms with van der Waals surface area (Å²) in [6, 6.07) is 4.21. The Hall–Kier alpha value is 0.1000. The van der Waals surface area contributed by atoms with Crippen molar-refractivity contribution in [3.63, 3.8) is 0 Å². The summed E-state index contributed by atoms with van der Waals surface area (Å²) in [4.78, 5) is 3.48. The van der Waals surface area contributed by atoms with Crippen molar-refractivity contribution in [2.75, 3.05) is 21.1 Å². The Balaban J connectivity index is 2.80. The Labute approximate surface area is 85.7 Å². The van der Waals surface area contributed by atoms with Crippen LogP contribution in [0.5, 0.6) is 0 Å². The molecule has 0 saturated heterocycles. The van der Waals surface area contributed by atoms with Gasteiger partial charge in [-0.3, -0.25) is 4.90 Å². The van der Waals surface area contributed by atoms with Gasteiger partial charge in [0.25, 0.3) is 0 Å². The second kappa shape index (κ2) is 4.37. The molecule has 12 heavy (non-hydrogen) atoms. The summed E-state index contributed by atoms with van der Waals surface area (Å²) >= 11 is 5.21. The van der Waals surface area contributed by atoms with Crippen LogP contribution < -0.4 is 5.32 Å². The van der Waals surface area contributed by atoms with Gasteiger partial charge in [0, 0.05) is 4.88 Å². The van der Waals surface area contributed by atoms with Gasteiger partial charge >= 0.3 is 0 Å². The van der Waals surface area contributed by atoms with Crippen molar-refractivity contribution >= 4 is 27.3 Å². The average molecular weight is 249 g/mol. The molecular formula is C8H13BrN2S. The number of thiophene rings is 1. The number of nitrogens with zero attached hydrogens (tertiary/aromatic N) is 1. The molecule has 1 rings (SSSR count). The van der Waals surface area contributed by atoms with E-state index < -0.39 is 0 Å². The molecule has 0 radical (unpaired) electrons. The van der Waals surface area contributed by atoms with Gasteiger partial charge in [0.15, 0.2) is 0 Å². The predicted molar refractivity (Wildman–Crippen MR) is 57.5 cm³/mol. The van der Waals surface area contributed by atoms with Gasteiger partial charge in [0.2, 0.25) is 0 Å². The summed E-state index contributed by atoms with van der Waals surface area (Å²) in [7, 11) is 6.10. The van der Waals surface area contributed by atoms with Crippen LogP contribution in [0.3, 0.4) is 0 Å². The zero-order chi connectivity index (χ0) is 9.14. The van der Waals surface area contributed by atoms with E-state index in [2.05, 4.69) is 52.4 Å². The third-order valence-corrected chi connectivity index (χ3v) is 3.33. The fourth-order valence-electron chi connectivity index (χ4n) is 1.13. The van der Waals surface area contributed by atoms with E-state index in [0.29, 0.717) is 6.17 Å². The lowest BCUT2D eigenvalue weighted by Crippen LogP contribution is -2.29. The molecule has 1 heterocycles. The molecule has 0 aliphatic rings. The molecule has 1 N–H and O–H groups in total. The fourth-order valence-corrected chi connectivity index (χ4v) is 2.76. The highest BCUT2D eigenvalue weighted by atomic mass is 79.9. The SMILES string of the molecule is CNC(c1ccc(Br)s1)N(C)C. The average Bonchev–Trinajstić information content (AvgIpc) is 2.37. The maximum absolute atomic E-state index is 3.45. The van der Waals surface area contributed by atoms with Crippen molar-refractivity contribution < 1.29 is 0 Å². The topological polar surface area (TPSA) is 15.3 Å². The standard InChI is InChI=1S/C8H13BrN2S/c1-10-8(11(2)3)6-4-5-7(9)12-6/h4-5,8,10H,1-3H3. The Morgan fingerprint density at radius 3 is 2.50 bits per heavy atom. The van der Waals surface area contributed by atoms with Crippen LogP contribution in [0.1, 0.15) is 11.0 Å². The maximum atomic E-state index is 3.45. The zero-order valence-electron chi connectivity index (χ0n) is 7.47. The summed E-state index contributed by atoms with van der Waals surface area (Å²) in [5.74, 6) is 0. The van der Waals surface area contributed by atoms with E-state index in [9.17, 15) is 0 Å². The van der Waals surface area contributed by atoms with Crippen LogP contribution in [0.2, 0.25) is 0 Å². The first-order valence-electron chi connectivity index (χ1n) is 3.74. The minimum atomic E-state index is 0.321. The van der Waals surface area contributed by atoms with Gasteiger partial charge in [-0.05, 0) is 49.2 Å². The largest absolute Gasteiger partial charge is 0.300 e. The van der Waals surface area contributed by atoms with Crippen LogP contribution in [-0.4, -0.2) is 26.0 Å². The lowest BCUT2D eigenvalue weighted by Gasteiger charge is -2.22. The highest BCUT2D eigenvalue weighted by molar-refractivity contribution is 9.11. The van der Waals surface area contributed by atoms with Crippen molar-refractivity contribution in [2.45, 2.75) is 6.17 Å². The number of rotatable bonds is 3. The van der Waals surface area contributed by atoms with E-state index in [1.54, 1.807) is 11.3 Å².